The molecule has 1 N–H and O–H groups in total. The molecule has 1 aliphatic heterocycles. The summed E-state index contributed by atoms with van der Waals surface area (Å²) in [6.07, 6.45) is -0.101. The van der Waals surface area contributed by atoms with Crippen molar-refractivity contribution in [2.75, 3.05) is 32.8 Å². The van der Waals surface area contributed by atoms with Crippen LogP contribution in [0.3, 0.4) is 0 Å². The maximum Gasteiger partial charge on any atom is 0.180 e. The highest BCUT2D eigenvalue weighted by atomic mass is 16.5. The van der Waals surface area contributed by atoms with Crippen molar-refractivity contribution in [3.8, 4) is 11.8 Å². The Hall–Kier alpha value is -2.43. The minimum Gasteiger partial charge on any atom is -0.492 e. The molecule has 1 aromatic heterocycles. The third-order valence-corrected chi connectivity index (χ3v) is 3.69. The Balaban J connectivity index is 1.49. The molecular weight excluding hydrogens is 294 g/mol. The first-order valence-corrected chi connectivity index (χ1v) is 7.60. The van der Waals surface area contributed by atoms with Gasteiger partial charge in [-0.25, -0.2) is 4.98 Å². The van der Waals surface area contributed by atoms with E-state index in [0.29, 0.717) is 24.6 Å². The second-order valence-electron chi connectivity index (χ2n) is 5.43. The van der Waals surface area contributed by atoms with Gasteiger partial charge in [0.15, 0.2) is 5.82 Å². The molecule has 3 rings (SSSR count). The third kappa shape index (κ3) is 4.06. The zero-order chi connectivity index (χ0) is 16.1. The summed E-state index contributed by atoms with van der Waals surface area (Å²) >= 11 is 0. The summed E-state index contributed by atoms with van der Waals surface area (Å²) in [4.78, 5) is 6.61. The number of nitrogens with one attached hydrogen (secondary N) is 1. The Morgan fingerprint density at radius 2 is 2.43 bits per heavy atom. The number of rotatable bonds is 5. The van der Waals surface area contributed by atoms with Gasteiger partial charge in [-0.2, -0.15) is 10.4 Å². The van der Waals surface area contributed by atoms with E-state index in [1.165, 1.54) is 0 Å². The minimum atomic E-state index is -0.101. The number of nitrogens with zero attached hydrogens (tertiary/aromatic N) is 4. The fourth-order valence-corrected chi connectivity index (χ4v) is 2.51. The number of morpholine rings is 1. The molecule has 1 aromatic carbocycles. The maximum absolute atomic E-state index is 8.89. The number of hydrogen-bond donors (Lipinski definition) is 1. The Labute approximate surface area is 134 Å². The number of aromatic nitrogens is 3. The second-order valence-corrected chi connectivity index (χ2v) is 5.43. The van der Waals surface area contributed by atoms with Crippen LogP contribution in [0.1, 0.15) is 23.3 Å². The predicted octanol–water partition coefficient (Wildman–Crippen LogP) is 1.44. The van der Waals surface area contributed by atoms with Crippen LogP contribution in [-0.2, 0) is 4.74 Å². The van der Waals surface area contributed by atoms with Crippen molar-refractivity contribution in [1.82, 2.24) is 20.1 Å². The molecule has 1 saturated heterocycles. The lowest BCUT2D eigenvalue weighted by atomic mass is 10.2. The molecule has 0 radical (unpaired) electrons. The van der Waals surface area contributed by atoms with Gasteiger partial charge in [0.1, 0.15) is 24.3 Å². The number of ether oxygens (including phenoxy) is 2. The zero-order valence-corrected chi connectivity index (χ0v) is 13.0. The SMILES string of the molecule is Cc1nc(C2CN(CCOc3cccc(C#N)c3)CCO2)n[nH]1. The zero-order valence-electron chi connectivity index (χ0n) is 13.0. The van der Waals surface area contributed by atoms with Crippen LogP contribution in [0, 0.1) is 18.3 Å². The van der Waals surface area contributed by atoms with Crippen LogP contribution in [0.5, 0.6) is 5.75 Å². The minimum absolute atomic E-state index is 0.101. The molecule has 1 unspecified atom stereocenters. The maximum atomic E-state index is 8.89. The van der Waals surface area contributed by atoms with Crippen molar-refractivity contribution in [2.24, 2.45) is 0 Å². The van der Waals surface area contributed by atoms with E-state index in [-0.39, 0.29) is 6.10 Å². The monoisotopic (exact) mass is 313 g/mol. The number of hydrogen-bond acceptors (Lipinski definition) is 6. The molecule has 0 bridgehead atoms. The molecule has 0 amide bonds. The number of benzene rings is 1. The highest BCUT2D eigenvalue weighted by Gasteiger charge is 2.24. The Kier molecular flexibility index (Phi) is 4.86. The largest absolute Gasteiger partial charge is 0.492 e. The van der Waals surface area contributed by atoms with E-state index in [1.54, 1.807) is 12.1 Å². The predicted molar refractivity (Wildman–Crippen MR) is 82.9 cm³/mol. The van der Waals surface area contributed by atoms with Crippen molar-refractivity contribution < 1.29 is 9.47 Å². The quantitative estimate of drug-likeness (QED) is 0.898. The topological polar surface area (TPSA) is 87.1 Å². The number of aryl methyl sites for hydroxylation is 1. The summed E-state index contributed by atoms with van der Waals surface area (Å²) < 4.78 is 11.5. The van der Waals surface area contributed by atoms with E-state index in [1.807, 2.05) is 19.1 Å². The van der Waals surface area contributed by atoms with E-state index in [4.69, 9.17) is 14.7 Å². The number of H-pyrrole nitrogens is 1. The average Bonchev–Trinajstić information content (AvgIpc) is 3.02. The molecule has 0 saturated carbocycles. The van der Waals surface area contributed by atoms with Gasteiger partial charge in [0.05, 0.1) is 18.2 Å². The molecular formula is C16H19N5O2. The van der Waals surface area contributed by atoms with E-state index in [9.17, 15) is 0 Å². The van der Waals surface area contributed by atoms with Gasteiger partial charge in [0, 0.05) is 19.6 Å². The van der Waals surface area contributed by atoms with Crippen LogP contribution in [0.4, 0.5) is 0 Å². The van der Waals surface area contributed by atoms with Crippen molar-refractivity contribution in [2.45, 2.75) is 13.0 Å². The van der Waals surface area contributed by atoms with Crippen molar-refractivity contribution in [3.05, 3.63) is 41.5 Å². The van der Waals surface area contributed by atoms with Crippen LogP contribution in [0.2, 0.25) is 0 Å². The van der Waals surface area contributed by atoms with Crippen LogP contribution < -0.4 is 4.74 Å². The fraction of sp³-hybridized carbons (Fsp3) is 0.438. The molecule has 7 heteroatoms. The third-order valence-electron chi connectivity index (χ3n) is 3.69. The lowest BCUT2D eigenvalue weighted by molar-refractivity contribution is -0.0369. The van der Waals surface area contributed by atoms with Crippen LogP contribution >= 0.6 is 0 Å². The van der Waals surface area contributed by atoms with Crippen LogP contribution in [0.15, 0.2) is 24.3 Å². The Bertz CT molecular complexity index is 694. The van der Waals surface area contributed by atoms with Crippen molar-refractivity contribution >= 4 is 0 Å². The molecule has 23 heavy (non-hydrogen) atoms. The molecule has 120 valence electrons. The Morgan fingerprint density at radius 3 is 3.22 bits per heavy atom. The first-order valence-electron chi connectivity index (χ1n) is 7.60. The first-order chi connectivity index (χ1) is 11.2. The van der Waals surface area contributed by atoms with Crippen molar-refractivity contribution in [3.63, 3.8) is 0 Å². The summed E-state index contributed by atoms with van der Waals surface area (Å²) in [7, 11) is 0. The summed E-state index contributed by atoms with van der Waals surface area (Å²) in [5, 5.41) is 15.9. The first kappa shape index (κ1) is 15.5. The molecule has 0 spiro atoms. The second kappa shape index (κ2) is 7.22. The van der Waals surface area contributed by atoms with Gasteiger partial charge in [0.2, 0.25) is 0 Å². The molecule has 1 atom stereocenters. The molecule has 1 fully saturated rings. The lowest BCUT2D eigenvalue weighted by Crippen LogP contribution is -2.40. The van der Waals surface area contributed by atoms with Gasteiger partial charge in [0.25, 0.3) is 0 Å². The van der Waals surface area contributed by atoms with Gasteiger partial charge < -0.3 is 9.47 Å². The number of nitriles is 1. The molecule has 2 aromatic rings. The van der Waals surface area contributed by atoms with Gasteiger partial charge in [-0.3, -0.25) is 10.00 Å². The molecule has 1 aliphatic rings. The highest BCUT2D eigenvalue weighted by molar-refractivity contribution is 5.36. The smallest absolute Gasteiger partial charge is 0.180 e. The normalized spacial score (nSPS) is 18.5. The molecule has 7 nitrogen and oxygen atoms in total. The fourth-order valence-electron chi connectivity index (χ4n) is 2.51. The van der Waals surface area contributed by atoms with Gasteiger partial charge >= 0.3 is 0 Å². The van der Waals surface area contributed by atoms with Crippen molar-refractivity contribution in [1.29, 1.82) is 5.26 Å². The highest BCUT2D eigenvalue weighted by Crippen LogP contribution is 2.19. The van der Waals surface area contributed by atoms with E-state index in [2.05, 4.69) is 26.2 Å². The summed E-state index contributed by atoms with van der Waals surface area (Å²) in [6, 6.07) is 9.30. The molecule has 2 heterocycles. The van der Waals surface area contributed by atoms with Gasteiger partial charge in [-0.05, 0) is 25.1 Å². The van der Waals surface area contributed by atoms with E-state index >= 15 is 0 Å². The summed E-state index contributed by atoms with van der Waals surface area (Å²) in [6.45, 7) is 5.50. The Morgan fingerprint density at radius 1 is 1.52 bits per heavy atom. The van der Waals surface area contributed by atoms with Crippen LogP contribution in [-0.4, -0.2) is 52.9 Å². The number of aromatic amines is 1. The summed E-state index contributed by atoms with van der Waals surface area (Å²) in [5.74, 6) is 2.22. The van der Waals surface area contributed by atoms with E-state index < -0.39 is 0 Å². The average molecular weight is 313 g/mol. The summed E-state index contributed by atoms with van der Waals surface area (Å²) in [5.41, 5.74) is 0.605. The van der Waals surface area contributed by atoms with Gasteiger partial charge in [-0.1, -0.05) is 6.07 Å². The molecule has 0 aliphatic carbocycles. The van der Waals surface area contributed by atoms with Gasteiger partial charge in [-0.15, -0.1) is 0 Å². The van der Waals surface area contributed by atoms with E-state index in [0.717, 1.165) is 31.2 Å². The van der Waals surface area contributed by atoms with Crippen LogP contribution in [0.25, 0.3) is 0 Å². The standard InChI is InChI=1S/C16H19N5O2/c1-12-18-16(20-19-12)15-11-21(6-8-23-15)5-7-22-14-4-2-3-13(9-14)10-17/h2-4,9,15H,5-8,11H2,1H3,(H,18,19,20). The lowest BCUT2D eigenvalue weighted by Gasteiger charge is -2.31.